The Labute approximate surface area is 140 Å². The van der Waals surface area contributed by atoms with Crippen LogP contribution in [0.15, 0.2) is 0 Å². The van der Waals surface area contributed by atoms with Gasteiger partial charge in [0.25, 0.3) is 0 Å². The Hall–Kier alpha value is -1.34. The Morgan fingerprint density at radius 2 is 1.65 bits per heavy atom. The highest BCUT2D eigenvalue weighted by Gasteiger charge is 2.12. The SMILES string of the molecule is CCCCC[C@@H](O)C#CCC(CCCCCCC(=O)O)C(C)=O. The van der Waals surface area contributed by atoms with E-state index in [0.717, 1.165) is 44.9 Å². The van der Waals surface area contributed by atoms with Gasteiger partial charge in [-0.15, -0.1) is 0 Å². The molecule has 0 aromatic carbocycles. The molecule has 0 radical (unpaired) electrons. The van der Waals surface area contributed by atoms with Gasteiger partial charge in [-0.05, 0) is 32.6 Å². The number of carbonyl (C=O) groups excluding carboxylic acids is 1. The number of rotatable bonds is 13. The van der Waals surface area contributed by atoms with E-state index in [1.807, 2.05) is 0 Å². The molecule has 1 unspecified atom stereocenters. The summed E-state index contributed by atoms with van der Waals surface area (Å²) >= 11 is 0. The van der Waals surface area contributed by atoms with E-state index in [4.69, 9.17) is 5.11 Å². The van der Waals surface area contributed by atoms with E-state index in [1.165, 1.54) is 0 Å². The van der Waals surface area contributed by atoms with Gasteiger partial charge in [-0.1, -0.05) is 50.9 Å². The first-order chi connectivity index (χ1) is 11.0. The molecular weight excluding hydrogens is 292 g/mol. The summed E-state index contributed by atoms with van der Waals surface area (Å²) in [7, 11) is 0. The van der Waals surface area contributed by atoms with Gasteiger partial charge in [-0.3, -0.25) is 9.59 Å². The fourth-order valence-corrected chi connectivity index (χ4v) is 2.43. The molecule has 0 aliphatic carbocycles. The molecule has 132 valence electrons. The molecule has 0 aliphatic rings. The van der Waals surface area contributed by atoms with Gasteiger partial charge < -0.3 is 10.2 Å². The zero-order valence-corrected chi connectivity index (χ0v) is 14.6. The molecule has 2 N–H and O–H groups in total. The molecule has 0 fully saturated rings. The van der Waals surface area contributed by atoms with Crippen molar-refractivity contribution >= 4 is 11.8 Å². The Bertz CT molecular complexity index is 392. The van der Waals surface area contributed by atoms with Crippen LogP contribution in [0.1, 0.15) is 84.5 Å². The number of unbranched alkanes of at least 4 members (excludes halogenated alkanes) is 5. The quantitative estimate of drug-likeness (QED) is 0.397. The predicted molar refractivity (Wildman–Crippen MR) is 92.1 cm³/mol. The Morgan fingerprint density at radius 1 is 1.00 bits per heavy atom. The maximum atomic E-state index is 11.6. The Morgan fingerprint density at radius 3 is 2.26 bits per heavy atom. The van der Waals surface area contributed by atoms with E-state index < -0.39 is 12.1 Å². The standard InChI is InChI=1S/C19H32O4/c1-3-4-7-13-18(21)14-10-12-17(16(2)20)11-8-5-6-9-15-19(22)23/h17-18,21H,3-9,11-13,15H2,1-2H3,(H,22,23)/t17?,18-/m1/s1. The molecule has 0 saturated carbocycles. The lowest BCUT2D eigenvalue weighted by atomic mass is 9.94. The first-order valence-electron chi connectivity index (χ1n) is 8.86. The van der Waals surface area contributed by atoms with Crippen LogP contribution < -0.4 is 0 Å². The minimum Gasteiger partial charge on any atom is -0.481 e. The second-order valence-electron chi connectivity index (χ2n) is 6.19. The summed E-state index contributed by atoms with van der Waals surface area (Å²) in [5.74, 6) is 5.13. The van der Waals surface area contributed by atoms with Gasteiger partial charge in [-0.25, -0.2) is 0 Å². The van der Waals surface area contributed by atoms with Crippen molar-refractivity contribution in [3.05, 3.63) is 0 Å². The lowest BCUT2D eigenvalue weighted by Crippen LogP contribution is -2.10. The van der Waals surface area contributed by atoms with E-state index in [2.05, 4.69) is 18.8 Å². The number of ketones is 1. The minimum absolute atomic E-state index is 0.0650. The zero-order chi connectivity index (χ0) is 17.5. The number of aliphatic hydroxyl groups excluding tert-OH is 1. The zero-order valence-electron chi connectivity index (χ0n) is 14.6. The molecular formula is C19H32O4. The molecule has 2 atom stereocenters. The molecule has 23 heavy (non-hydrogen) atoms. The fourth-order valence-electron chi connectivity index (χ4n) is 2.43. The first kappa shape index (κ1) is 21.7. The van der Waals surface area contributed by atoms with Crippen molar-refractivity contribution in [1.29, 1.82) is 0 Å². The lowest BCUT2D eigenvalue weighted by molar-refractivity contribution is -0.137. The number of aliphatic carboxylic acids is 1. The molecule has 0 spiro atoms. The monoisotopic (exact) mass is 324 g/mol. The summed E-state index contributed by atoms with van der Waals surface area (Å²) in [6.45, 7) is 3.71. The highest BCUT2D eigenvalue weighted by molar-refractivity contribution is 5.78. The second kappa shape index (κ2) is 14.3. The highest BCUT2D eigenvalue weighted by Crippen LogP contribution is 2.16. The molecule has 0 aromatic heterocycles. The van der Waals surface area contributed by atoms with Gasteiger partial charge in [-0.2, -0.15) is 0 Å². The average molecular weight is 324 g/mol. The number of carbonyl (C=O) groups is 2. The van der Waals surface area contributed by atoms with Gasteiger partial charge >= 0.3 is 5.97 Å². The van der Waals surface area contributed by atoms with E-state index >= 15 is 0 Å². The molecule has 0 aliphatic heterocycles. The van der Waals surface area contributed by atoms with E-state index in [-0.39, 0.29) is 18.1 Å². The molecule has 0 aromatic rings. The van der Waals surface area contributed by atoms with Gasteiger partial charge in [0.1, 0.15) is 11.9 Å². The van der Waals surface area contributed by atoms with Crippen LogP contribution in [0.5, 0.6) is 0 Å². The maximum Gasteiger partial charge on any atom is 0.303 e. The fraction of sp³-hybridized carbons (Fsp3) is 0.789. The van der Waals surface area contributed by atoms with Crippen molar-refractivity contribution in [2.24, 2.45) is 5.92 Å². The molecule has 4 heteroatoms. The summed E-state index contributed by atoms with van der Waals surface area (Å²) in [5.41, 5.74) is 0. The van der Waals surface area contributed by atoms with E-state index in [1.54, 1.807) is 6.92 Å². The van der Waals surface area contributed by atoms with Crippen molar-refractivity contribution in [1.82, 2.24) is 0 Å². The minimum atomic E-state index is -0.751. The number of carboxylic acid groups (broad SMARTS) is 1. The van der Waals surface area contributed by atoms with Crippen LogP contribution in [0.4, 0.5) is 0 Å². The Kier molecular flexibility index (Phi) is 13.4. The second-order valence-corrected chi connectivity index (χ2v) is 6.19. The van der Waals surface area contributed by atoms with Crippen molar-refractivity contribution < 1.29 is 19.8 Å². The summed E-state index contributed by atoms with van der Waals surface area (Å²) in [5, 5.41) is 18.3. The summed E-state index contributed by atoms with van der Waals surface area (Å²) in [6, 6.07) is 0. The van der Waals surface area contributed by atoms with Gasteiger partial charge in [0.05, 0.1) is 0 Å². The number of carboxylic acids is 1. The normalized spacial score (nSPS) is 13.0. The molecule has 0 amide bonds. The van der Waals surface area contributed by atoms with Crippen LogP contribution in [0.2, 0.25) is 0 Å². The largest absolute Gasteiger partial charge is 0.481 e. The van der Waals surface area contributed by atoms with Crippen LogP contribution in [-0.4, -0.2) is 28.1 Å². The third kappa shape index (κ3) is 14.0. The molecule has 0 bridgehead atoms. The summed E-state index contributed by atoms with van der Waals surface area (Å²) in [6.07, 6.45) is 8.32. The van der Waals surface area contributed by atoms with Crippen LogP contribution >= 0.6 is 0 Å². The number of aliphatic hydroxyl groups is 1. The molecule has 0 heterocycles. The average Bonchev–Trinajstić information content (AvgIpc) is 2.48. The molecule has 4 nitrogen and oxygen atoms in total. The molecule has 0 saturated heterocycles. The third-order valence-electron chi connectivity index (χ3n) is 3.97. The van der Waals surface area contributed by atoms with Crippen LogP contribution in [0, 0.1) is 17.8 Å². The summed E-state index contributed by atoms with van der Waals surface area (Å²) < 4.78 is 0. The number of Topliss-reactive ketones (excluding diaryl/α,β-unsaturated/α-hetero) is 1. The first-order valence-corrected chi connectivity index (χ1v) is 8.86. The third-order valence-corrected chi connectivity index (χ3v) is 3.97. The van der Waals surface area contributed by atoms with Crippen LogP contribution in [-0.2, 0) is 9.59 Å². The van der Waals surface area contributed by atoms with E-state index in [0.29, 0.717) is 19.3 Å². The van der Waals surface area contributed by atoms with Crippen molar-refractivity contribution in [3.8, 4) is 11.8 Å². The Balaban J connectivity index is 3.94. The highest BCUT2D eigenvalue weighted by atomic mass is 16.4. The predicted octanol–water partition coefficient (Wildman–Crippen LogP) is 3.95. The van der Waals surface area contributed by atoms with Crippen LogP contribution in [0.25, 0.3) is 0 Å². The van der Waals surface area contributed by atoms with Gasteiger partial charge in [0.2, 0.25) is 0 Å². The summed E-state index contributed by atoms with van der Waals surface area (Å²) in [4.78, 5) is 22.0. The van der Waals surface area contributed by atoms with Crippen molar-refractivity contribution in [3.63, 3.8) is 0 Å². The van der Waals surface area contributed by atoms with Crippen molar-refractivity contribution in [2.45, 2.75) is 90.6 Å². The lowest BCUT2D eigenvalue weighted by Gasteiger charge is -2.10. The van der Waals surface area contributed by atoms with Gasteiger partial charge in [0, 0.05) is 18.8 Å². The topological polar surface area (TPSA) is 74.6 Å². The number of hydrogen-bond donors (Lipinski definition) is 2. The van der Waals surface area contributed by atoms with Crippen molar-refractivity contribution in [2.75, 3.05) is 0 Å². The number of hydrogen-bond acceptors (Lipinski definition) is 3. The molecule has 0 rings (SSSR count). The van der Waals surface area contributed by atoms with Crippen LogP contribution in [0.3, 0.4) is 0 Å². The van der Waals surface area contributed by atoms with Gasteiger partial charge in [0.15, 0.2) is 0 Å². The van der Waals surface area contributed by atoms with E-state index in [9.17, 15) is 14.7 Å². The smallest absolute Gasteiger partial charge is 0.303 e. The maximum absolute atomic E-state index is 11.6.